The first-order valence-electron chi connectivity index (χ1n) is 11.2. The summed E-state index contributed by atoms with van der Waals surface area (Å²) in [6.07, 6.45) is 3.91. The maximum absolute atomic E-state index is 13.7. The molecule has 0 saturated heterocycles. The minimum atomic E-state index is -0.609. The van der Waals surface area contributed by atoms with Gasteiger partial charge >= 0.3 is 5.97 Å². The molecule has 3 heterocycles. The van der Waals surface area contributed by atoms with Gasteiger partial charge in [0.25, 0.3) is 5.56 Å². The predicted molar refractivity (Wildman–Crippen MR) is 138 cm³/mol. The standard InChI is InChI=1S/C26H26N2O5S2/c1-5-9-17-12-16(13-18(23(17)29)32-6-2)14-20-24(30)28-22(19-10-8-11-34-19)21(25(31)33-7-3)15(4)27-26(28)35-20/h5,8,10-14,22,29H,1,6-7,9H2,2-4H3/b20-14+. The molecular formula is C26H26N2O5S2. The molecule has 0 fully saturated rings. The van der Waals surface area contributed by atoms with Crippen molar-refractivity contribution in [2.75, 3.05) is 13.2 Å². The van der Waals surface area contributed by atoms with Crippen molar-refractivity contribution in [1.29, 1.82) is 0 Å². The number of ether oxygens (including phenoxy) is 2. The Labute approximate surface area is 210 Å². The summed E-state index contributed by atoms with van der Waals surface area (Å²) in [5.74, 6) is -0.0593. The number of esters is 1. The molecule has 3 aromatic rings. The normalized spacial score (nSPS) is 15.5. The van der Waals surface area contributed by atoms with Crippen LogP contribution in [-0.2, 0) is 16.0 Å². The van der Waals surface area contributed by atoms with Crippen LogP contribution in [0.1, 0.15) is 42.8 Å². The van der Waals surface area contributed by atoms with E-state index in [-0.39, 0.29) is 17.9 Å². The van der Waals surface area contributed by atoms with Crippen molar-refractivity contribution in [3.8, 4) is 11.5 Å². The fourth-order valence-electron chi connectivity index (χ4n) is 4.01. The zero-order valence-corrected chi connectivity index (χ0v) is 21.4. The molecule has 9 heteroatoms. The van der Waals surface area contributed by atoms with Crippen LogP contribution in [0.4, 0.5) is 0 Å². The molecule has 7 nitrogen and oxygen atoms in total. The predicted octanol–water partition coefficient (Wildman–Crippen LogP) is 3.69. The van der Waals surface area contributed by atoms with Gasteiger partial charge in [0.2, 0.25) is 0 Å². The van der Waals surface area contributed by atoms with Crippen molar-refractivity contribution < 1.29 is 19.4 Å². The van der Waals surface area contributed by atoms with Crippen LogP contribution in [0, 0.1) is 0 Å². The monoisotopic (exact) mass is 510 g/mol. The molecule has 2 aromatic heterocycles. The second-order valence-electron chi connectivity index (χ2n) is 7.77. The quantitative estimate of drug-likeness (QED) is 0.369. The molecule has 1 unspecified atom stereocenters. The Morgan fingerprint density at radius 1 is 1.31 bits per heavy atom. The lowest BCUT2D eigenvalue weighted by molar-refractivity contribution is -0.139. The molecule has 0 amide bonds. The fourth-order valence-corrected chi connectivity index (χ4v) is 5.88. The summed E-state index contributed by atoms with van der Waals surface area (Å²) >= 11 is 2.72. The van der Waals surface area contributed by atoms with E-state index in [0.717, 1.165) is 4.88 Å². The largest absolute Gasteiger partial charge is 0.504 e. The van der Waals surface area contributed by atoms with Gasteiger partial charge in [0.1, 0.15) is 6.04 Å². The van der Waals surface area contributed by atoms with Gasteiger partial charge in [-0.2, -0.15) is 0 Å². The molecule has 0 bridgehead atoms. The van der Waals surface area contributed by atoms with E-state index in [1.54, 1.807) is 36.6 Å². The van der Waals surface area contributed by atoms with E-state index < -0.39 is 12.0 Å². The van der Waals surface area contributed by atoms with Gasteiger partial charge in [0, 0.05) is 10.4 Å². The summed E-state index contributed by atoms with van der Waals surface area (Å²) in [5, 5.41) is 12.4. The number of phenols is 1. The molecular weight excluding hydrogens is 484 g/mol. The van der Waals surface area contributed by atoms with Crippen LogP contribution in [0.3, 0.4) is 0 Å². The first-order valence-corrected chi connectivity index (χ1v) is 12.9. The summed E-state index contributed by atoms with van der Waals surface area (Å²) < 4.78 is 12.9. The summed E-state index contributed by atoms with van der Waals surface area (Å²) in [5.41, 5.74) is 2.01. The number of allylic oxidation sites excluding steroid dienone is 2. The number of hydrogen-bond donors (Lipinski definition) is 1. The molecule has 182 valence electrons. The zero-order valence-electron chi connectivity index (χ0n) is 19.7. The fraction of sp³-hybridized carbons (Fsp3) is 0.269. The van der Waals surface area contributed by atoms with Gasteiger partial charge in [0.05, 0.1) is 29.0 Å². The Bertz CT molecular complexity index is 1480. The number of thiazole rings is 1. The zero-order chi connectivity index (χ0) is 25.1. The lowest BCUT2D eigenvalue weighted by Crippen LogP contribution is -2.39. The Kier molecular flexibility index (Phi) is 7.37. The van der Waals surface area contributed by atoms with Crippen molar-refractivity contribution in [2.45, 2.75) is 33.2 Å². The van der Waals surface area contributed by atoms with Gasteiger partial charge in [-0.3, -0.25) is 9.36 Å². The lowest BCUT2D eigenvalue weighted by Gasteiger charge is -2.23. The maximum Gasteiger partial charge on any atom is 0.338 e. The van der Waals surface area contributed by atoms with E-state index in [9.17, 15) is 14.7 Å². The summed E-state index contributed by atoms with van der Waals surface area (Å²) in [4.78, 5) is 32.5. The molecule has 1 aromatic carbocycles. The van der Waals surface area contributed by atoms with Crippen molar-refractivity contribution in [3.05, 3.63) is 89.3 Å². The number of thiophene rings is 1. The van der Waals surface area contributed by atoms with Crippen LogP contribution in [0.2, 0.25) is 0 Å². The molecule has 0 radical (unpaired) electrons. The van der Waals surface area contributed by atoms with Crippen LogP contribution in [0.15, 0.2) is 63.4 Å². The minimum Gasteiger partial charge on any atom is -0.504 e. The molecule has 1 aliphatic heterocycles. The summed E-state index contributed by atoms with van der Waals surface area (Å²) in [6, 6.07) is 6.70. The summed E-state index contributed by atoms with van der Waals surface area (Å²) in [6.45, 7) is 9.72. The first-order chi connectivity index (χ1) is 16.9. The Morgan fingerprint density at radius 2 is 2.11 bits per heavy atom. The van der Waals surface area contributed by atoms with Crippen molar-refractivity contribution in [1.82, 2.24) is 4.57 Å². The number of nitrogens with zero attached hydrogens (tertiary/aromatic N) is 2. The maximum atomic E-state index is 13.7. The van der Waals surface area contributed by atoms with E-state index in [4.69, 9.17) is 9.47 Å². The number of carbonyl (C=O) groups excluding carboxylic acids is 1. The third-order valence-corrected chi connectivity index (χ3v) is 7.38. The number of hydrogen-bond acceptors (Lipinski definition) is 8. The smallest absolute Gasteiger partial charge is 0.338 e. The summed E-state index contributed by atoms with van der Waals surface area (Å²) in [7, 11) is 0. The third kappa shape index (κ3) is 4.74. The average Bonchev–Trinajstić information content (AvgIpc) is 3.45. The number of aromatic nitrogens is 1. The molecule has 1 N–H and O–H groups in total. The number of rotatable bonds is 8. The number of fused-ring (bicyclic) bond motifs is 1. The van der Waals surface area contributed by atoms with Crippen LogP contribution < -0.4 is 19.6 Å². The van der Waals surface area contributed by atoms with Crippen LogP contribution in [0.25, 0.3) is 6.08 Å². The molecule has 35 heavy (non-hydrogen) atoms. The third-order valence-electron chi connectivity index (χ3n) is 5.47. The SMILES string of the molecule is C=CCc1cc(/C=c2/sc3n(c2=O)C(c2cccs2)C(C(=O)OCC)=C(C)N=3)cc(OCC)c1O. The van der Waals surface area contributed by atoms with E-state index in [1.165, 1.54) is 22.7 Å². The van der Waals surface area contributed by atoms with E-state index >= 15 is 0 Å². The second kappa shape index (κ2) is 10.5. The Morgan fingerprint density at radius 3 is 2.77 bits per heavy atom. The second-order valence-corrected chi connectivity index (χ2v) is 9.76. The van der Waals surface area contributed by atoms with Gasteiger partial charge in [-0.1, -0.05) is 23.5 Å². The number of phenolic OH excluding ortho intramolecular Hbond substituents is 1. The van der Waals surface area contributed by atoms with Gasteiger partial charge in [0.15, 0.2) is 16.3 Å². The van der Waals surface area contributed by atoms with Crippen LogP contribution >= 0.6 is 22.7 Å². The Hall–Kier alpha value is -3.43. The highest BCUT2D eigenvalue weighted by Crippen LogP contribution is 2.34. The van der Waals surface area contributed by atoms with Crippen LogP contribution in [0.5, 0.6) is 11.5 Å². The molecule has 0 aliphatic carbocycles. The van der Waals surface area contributed by atoms with Crippen LogP contribution in [-0.4, -0.2) is 28.9 Å². The highest BCUT2D eigenvalue weighted by atomic mass is 32.1. The molecule has 0 spiro atoms. The highest BCUT2D eigenvalue weighted by Gasteiger charge is 2.33. The number of aromatic hydroxyl groups is 1. The van der Waals surface area contributed by atoms with Gasteiger partial charge in [-0.25, -0.2) is 9.79 Å². The van der Waals surface area contributed by atoms with E-state index in [2.05, 4.69) is 11.6 Å². The van der Waals surface area contributed by atoms with Gasteiger partial charge in [-0.05, 0) is 62.4 Å². The lowest BCUT2D eigenvalue weighted by atomic mass is 10.0. The van der Waals surface area contributed by atoms with Gasteiger partial charge < -0.3 is 14.6 Å². The van der Waals surface area contributed by atoms with Gasteiger partial charge in [-0.15, -0.1) is 17.9 Å². The molecule has 1 atom stereocenters. The van der Waals surface area contributed by atoms with Crippen molar-refractivity contribution in [3.63, 3.8) is 0 Å². The first kappa shape index (κ1) is 24.7. The number of benzene rings is 1. The number of carbonyl (C=O) groups is 1. The molecule has 0 saturated carbocycles. The Balaban J connectivity index is 1.91. The van der Waals surface area contributed by atoms with Crippen molar-refractivity contribution >= 4 is 34.7 Å². The molecule has 1 aliphatic rings. The highest BCUT2D eigenvalue weighted by molar-refractivity contribution is 7.10. The molecule has 4 rings (SSSR count). The topological polar surface area (TPSA) is 90.1 Å². The van der Waals surface area contributed by atoms with E-state index in [0.29, 0.717) is 50.5 Å². The average molecular weight is 511 g/mol. The minimum absolute atomic E-state index is 0.0674. The van der Waals surface area contributed by atoms with Crippen molar-refractivity contribution in [2.24, 2.45) is 4.99 Å². The van der Waals surface area contributed by atoms with E-state index in [1.807, 2.05) is 30.5 Å².